The van der Waals surface area contributed by atoms with Crippen LogP contribution in [-0.2, 0) is 0 Å². The summed E-state index contributed by atoms with van der Waals surface area (Å²) in [5, 5.41) is 12.7. The van der Waals surface area contributed by atoms with Gasteiger partial charge in [-0.15, -0.1) is 0 Å². The molecule has 1 aliphatic rings. The summed E-state index contributed by atoms with van der Waals surface area (Å²) in [6.45, 7) is 1.05. The molecule has 0 saturated carbocycles. The van der Waals surface area contributed by atoms with Crippen molar-refractivity contribution in [1.29, 1.82) is 5.26 Å². The molecule has 0 unspecified atom stereocenters. The number of benzene rings is 1. The predicted molar refractivity (Wildman–Crippen MR) is 78.3 cm³/mol. The summed E-state index contributed by atoms with van der Waals surface area (Å²) < 4.78 is 12.9. The van der Waals surface area contributed by atoms with Crippen molar-refractivity contribution in [1.82, 2.24) is 9.80 Å². The number of nitrogens with one attached hydrogen (secondary N) is 1. The van der Waals surface area contributed by atoms with Crippen LogP contribution < -0.4 is 5.32 Å². The number of amides is 2. The Morgan fingerprint density at radius 2 is 1.90 bits per heavy atom. The fourth-order valence-corrected chi connectivity index (χ4v) is 2.44. The number of rotatable bonds is 2. The molecule has 0 radical (unpaired) electrons. The smallest absolute Gasteiger partial charge is 0.319 e. The first-order valence-electron chi connectivity index (χ1n) is 6.87. The Balaban J connectivity index is 2.03. The van der Waals surface area contributed by atoms with Gasteiger partial charge in [0.05, 0.1) is 6.07 Å². The number of piperidine rings is 1. The lowest BCUT2D eigenvalue weighted by atomic mass is 9.88. The molecule has 0 aromatic heterocycles. The number of halogens is 1. The molecule has 2 amide bonds. The summed E-state index contributed by atoms with van der Waals surface area (Å²) in [7, 11) is 3.43. The lowest BCUT2D eigenvalue weighted by molar-refractivity contribution is 0.152. The zero-order valence-corrected chi connectivity index (χ0v) is 12.3. The van der Waals surface area contributed by atoms with Gasteiger partial charge in [-0.05, 0) is 24.3 Å². The number of carbonyl (C=O) groups excluding carboxylic acids is 1. The number of nitriles is 1. The Hall–Kier alpha value is -2.29. The molecule has 0 aliphatic carbocycles. The summed E-state index contributed by atoms with van der Waals surface area (Å²) >= 11 is 0. The minimum absolute atomic E-state index is 0.0386. The van der Waals surface area contributed by atoms with Crippen LogP contribution in [0.1, 0.15) is 12.8 Å². The first-order valence-corrected chi connectivity index (χ1v) is 6.87. The fourth-order valence-electron chi connectivity index (χ4n) is 2.44. The molecule has 1 aliphatic heterocycles. The molecule has 6 heteroatoms. The third kappa shape index (κ3) is 3.43. The molecular weight excluding hydrogens is 271 g/mol. The average Bonchev–Trinajstić information content (AvgIpc) is 2.49. The maximum atomic E-state index is 12.9. The zero-order valence-electron chi connectivity index (χ0n) is 12.3. The molecule has 1 aromatic rings. The highest BCUT2D eigenvalue weighted by atomic mass is 19.1. The summed E-state index contributed by atoms with van der Waals surface area (Å²) in [5.74, 6) is -0.307. The second-order valence-electron chi connectivity index (χ2n) is 5.49. The van der Waals surface area contributed by atoms with Crippen LogP contribution in [0.3, 0.4) is 0 Å². The summed E-state index contributed by atoms with van der Waals surface area (Å²) in [5.41, 5.74) is 0.00586. The monoisotopic (exact) mass is 290 g/mol. The average molecular weight is 290 g/mol. The van der Waals surface area contributed by atoms with E-state index in [0.717, 1.165) is 0 Å². The molecule has 5 nitrogen and oxygen atoms in total. The summed E-state index contributed by atoms with van der Waals surface area (Å²) in [4.78, 5) is 15.2. The van der Waals surface area contributed by atoms with Gasteiger partial charge >= 0.3 is 6.03 Å². The number of anilines is 1. The van der Waals surface area contributed by atoms with E-state index in [1.54, 1.807) is 31.1 Å². The molecule has 1 N–H and O–H groups in total. The lowest BCUT2D eigenvalue weighted by Crippen LogP contribution is -2.52. The van der Waals surface area contributed by atoms with Crippen LogP contribution in [0, 0.1) is 17.1 Å². The molecule has 1 saturated heterocycles. The van der Waals surface area contributed by atoms with Crippen molar-refractivity contribution in [2.24, 2.45) is 0 Å². The van der Waals surface area contributed by atoms with Crippen molar-refractivity contribution in [3.05, 3.63) is 30.1 Å². The zero-order chi connectivity index (χ0) is 15.5. The predicted octanol–water partition coefficient (Wildman–Crippen LogP) is 2.28. The van der Waals surface area contributed by atoms with Crippen molar-refractivity contribution in [2.75, 3.05) is 32.5 Å². The Kier molecular flexibility index (Phi) is 4.32. The number of urea groups is 1. The topological polar surface area (TPSA) is 59.4 Å². The van der Waals surface area contributed by atoms with Crippen LogP contribution in [-0.4, -0.2) is 48.6 Å². The highest BCUT2D eigenvalue weighted by Gasteiger charge is 2.36. The van der Waals surface area contributed by atoms with Crippen molar-refractivity contribution in [3.63, 3.8) is 0 Å². The van der Waals surface area contributed by atoms with Gasteiger partial charge in [0.15, 0.2) is 0 Å². The van der Waals surface area contributed by atoms with Crippen LogP contribution in [0.2, 0.25) is 0 Å². The third-order valence-corrected chi connectivity index (χ3v) is 3.71. The number of hydrogen-bond acceptors (Lipinski definition) is 3. The quantitative estimate of drug-likeness (QED) is 0.909. The standard InChI is InChI=1S/C15H19FN4O/c1-19(2)14(21)20-9-7-15(11-17,8-10-20)18-13-5-3-12(16)4-6-13/h3-6,18H,7-10H2,1-2H3. The second kappa shape index (κ2) is 6.00. The molecule has 0 atom stereocenters. The molecule has 1 heterocycles. The molecule has 1 aromatic carbocycles. The lowest BCUT2D eigenvalue weighted by Gasteiger charge is -2.39. The van der Waals surface area contributed by atoms with Crippen molar-refractivity contribution in [3.8, 4) is 6.07 Å². The van der Waals surface area contributed by atoms with Gasteiger partial charge < -0.3 is 15.1 Å². The van der Waals surface area contributed by atoms with Crippen LogP contribution >= 0.6 is 0 Å². The minimum Gasteiger partial charge on any atom is -0.367 e. The molecule has 1 fully saturated rings. The highest BCUT2D eigenvalue weighted by Crippen LogP contribution is 2.27. The van der Waals surface area contributed by atoms with E-state index in [9.17, 15) is 14.4 Å². The number of hydrogen-bond donors (Lipinski definition) is 1. The molecule has 0 spiro atoms. The highest BCUT2D eigenvalue weighted by molar-refractivity contribution is 5.74. The van der Waals surface area contributed by atoms with Gasteiger partial charge in [0.2, 0.25) is 0 Å². The van der Waals surface area contributed by atoms with Crippen LogP contribution in [0.5, 0.6) is 0 Å². The van der Waals surface area contributed by atoms with E-state index in [1.165, 1.54) is 17.0 Å². The molecule has 112 valence electrons. The van der Waals surface area contributed by atoms with Gasteiger partial charge in [0.1, 0.15) is 11.4 Å². The van der Waals surface area contributed by atoms with Gasteiger partial charge in [-0.3, -0.25) is 0 Å². The number of nitrogens with zero attached hydrogens (tertiary/aromatic N) is 3. The van der Waals surface area contributed by atoms with E-state index in [4.69, 9.17) is 0 Å². The Morgan fingerprint density at radius 3 is 2.38 bits per heavy atom. The van der Waals surface area contributed by atoms with Gasteiger partial charge in [-0.25, -0.2) is 9.18 Å². The molecule has 21 heavy (non-hydrogen) atoms. The number of carbonyl (C=O) groups is 1. The van der Waals surface area contributed by atoms with Gasteiger partial charge in [0.25, 0.3) is 0 Å². The number of likely N-dealkylation sites (tertiary alicyclic amines) is 1. The maximum absolute atomic E-state index is 12.9. The van der Waals surface area contributed by atoms with Crippen LogP contribution in [0.15, 0.2) is 24.3 Å². The van der Waals surface area contributed by atoms with E-state index in [-0.39, 0.29) is 11.8 Å². The molecule has 2 rings (SSSR count). The molecule has 0 bridgehead atoms. The largest absolute Gasteiger partial charge is 0.367 e. The molecular formula is C15H19FN4O. The van der Waals surface area contributed by atoms with Gasteiger partial charge in [-0.1, -0.05) is 0 Å². The van der Waals surface area contributed by atoms with Crippen molar-refractivity contribution >= 4 is 11.7 Å². The SMILES string of the molecule is CN(C)C(=O)N1CCC(C#N)(Nc2ccc(F)cc2)CC1. The van der Waals surface area contributed by atoms with Gasteiger partial charge in [-0.2, -0.15) is 5.26 Å². The van der Waals surface area contributed by atoms with E-state index in [2.05, 4.69) is 11.4 Å². The van der Waals surface area contributed by atoms with Gasteiger partial charge in [0, 0.05) is 45.7 Å². The van der Waals surface area contributed by atoms with Crippen LogP contribution in [0.4, 0.5) is 14.9 Å². The van der Waals surface area contributed by atoms with E-state index in [1.807, 2.05) is 0 Å². The first-order chi connectivity index (χ1) is 9.96. The first kappa shape index (κ1) is 15.1. The van der Waals surface area contributed by atoms with E-state index >= 15 is 0 Å². The van der Waals surface area contributed by atoms with Crippen LogP contribution in [0.25, 0.3) is 0 Å². The van der Waals surface area contributed by atoms with E-state index < -0.39 is 5.54 Å². The maximum Gasteiger partial charge on any atom is 0.319 e. The second-order valence-corrected chi connectivity index (χ2v) is 5.49. The Morgan fingerprint density at radius 1 is 1.33 bits per heavy atom. The minimum atomic E-state index is -0.707. The normalized spacial score (nSPS) is 17.0. The summed E-state index contributed by atoms with van der Waals surface area (Å²) in [6, 6.07) is 8.23. The summed E-state index contributed by atoms with van der Waals surface area (Å²) in [6.07, 6.45) is 1.08. The third-order valence-electron chi connectivity index (χ3n) is 3.71. The van der Waals surface area contributed by atoms with E-state index in [0.29, 0.717) is 31.6 Å². The Labute approximate surface area is 123 Å². The van der Waals surface area contributed by atoms with Crippen molar-refractivity contribution in [2.45, 2.75) is 18.4 Å². The Bertz CT molecular complexity index is 542. The van der Waals surface area contributed by atoms with Crippen molar-refractivity contribution < 1.29 is 9.18 Å². The fraction of sp³-hybridized carbons (Fsp3) is 0.467.